The summed E-state index contributed by atoms with van der Waals surface area (Å²) in [7, 11) is 0. The van der Waals surface area contributed by atoms with E-state index in [-0.39, 0.29) is 23.8 Å². The van der Waals surface area contributed by atoms with Crippen molar-refractivity contribution in [2.24, 2.45) is 5.92 Å². The molecule has 4 nitrogen and oxygen atoms in total. The number of carbonyl (C=O) groups is 2. The van der Waals surface area contributed by atoms with Crippen LogP contribution in [0.15, 0.2) is 24.3 Å². The molecule has 1 amide bonds. The van der Waals surface area contributed by atoms with Crippen LogP contribution in [0.5, 0.6) is 0 Å². The standard InChI is InChI=1S/C20H26ClNO3/c1-3-25-18(23)17-6-4-13-22(14(17)2)19(24)20(11-5-12-20)15-7-9-16(21)10-8-15/h7-10,14,17H,3-6,11-13H2,1-2H3/t14-,17-/m1/s1. The Kier molecular flexibility index (Phi) is 5.38. The summed E-state index contributed by atoms with van der Waals surface area (Å²) in [6.07, 6.45) is 4.41. The fraction of sp³-hybridized carbons (Fsp3) is 0.600. The molecule has 5 heteroatoms. The van der Waals surface area contributed by atoms with Crippen molar-refractivity contribution in [3.05, 3.63) is 34.9 Å². The lowest BCUT2D eigenvalue weighted by atomic mass is 9.63. The van der Waals surface area contributed by atoms with Gasteiger partial charge in [0.05, 0.1) is 17.9 Å². The van der Waals surface area contributed by atoms with Crippen molar-refractivity contribution < 1.29 is 14.3 Å². The number of likely N-dealkylation sites (tertiary alicyclic amines) is 1. The van der Waals surface area contributed by atoms with Crippen LogP contribution in [0.1, 0.15) is 51.5 Å². The van der Waals surface area contributed by atoms with E-state index in [0.717, 1.165) is 37.7 Å². The number of amides is 1. The molecule has 2 atom stereocenters. The van der Waals surface area contributed by atoms with E-state index in [1.165, 1.54) is 0 Å². The van der Waals surface area contributed by atoms with Gasteiger partial charge in [-0.1, -0.05) is 30.2 Å². The SMILES string of the molecule is CCOC(=O)[C@@H]1CCCN(C(=O)C2(c3ccc(Cl)cc3)CCC2)[C@@H]1C. The number of hydrogen-bond acceptors (Lipinski definition) is 3. The number of nitrogens with zero attached hydrogens (tertiary/aromatic N) is 1. The quantitative estimate of drug-likeness (QED) is 0.761. The molecule has 0 spiro atoms. The predicted molar refractivity (Wildman–Crippen MR) is 97.5 cm³/mol. The number of piperidine rings is 1. The molecule has 1 saturated heterocycles. The van der Waals surface area contributed by atoms with E-state index in [1.54, 1.807) is 0 Å². The van der Waals surface area contributed by atoms with Crippen molar-refractivity contribution in [1.29, 1.82) is 0 Å². The van der Waals surface area contributed by atoms with E-state index in [4.69, 9.17) is 16.3 Å². The molecule has 136 valence electrons. The van der Waals surface area contributed by atoms with Gasteiger partial charge < -0.3 is 9.64 Å². The van der Waals surface area contributed by atoms with Gasteiger partial charge in [-0.05, 0) is 57.2 Å². The van der Waals surface area contributed by atoms with Gasteiger partial charge in [-0.25, -0.2) is 0 Å². The lowest BCUT2D eigenvalue weighted by Crippen LogP contribution is -2.57. The Labute approximate surface area is 154 Å². The monoisotopic (exact) mass is 363 g/mol. The van der Waals surface area contributed by atoms with Gasteiger partial charge in [0.1, 0.15) is 0 Å². The van der Waals surface area contributed by atoms with E-state index in [2.05, 4.69) is 0 Å². The summed E-state index contributed by atoms with van der Waals surface area (Å²) in [5, 5.41) is 0.680. The van der Waals surface area contributed by atoms with Gasteiger partial charge in [-0.15, -0.1) is 0 Å². The molecule has 1 heterocycles. The fourth-order valence-corrected chi connectivity index (χ4v) is 4.32. The second-order valence-corrected chi connectivity index (χ2v) is 7.62. The van der Waals surface area contributed by atoms with E-state index in [9.17, 15) is 9.59 Å². The first-order chi connectivity index (χ1) is 12.0. The van der Waals surface area contributed by atoms with Gasteiger partial charge in [0, 0.05) is 17.6 Å². The molecule has 0 unspecified atom stereocenters. The van der Waals surface area contributed by atoms with Gasteiger partial charge in [0.25, 0.3) is 0 Å². The number of esters is 1. The number of hydrogen-bond donors (Lipinski definition) is 0. The van der Waals surface area contributed by atoms with Gasteiger partial charge >= 0.3 is 5.97 Å². The van der Waals surface area contributed by atoms with Crippen LogP contribution in [-0.4, -0.2) is 36.0 Å². The molecule has 25 heavy (non-hydrogen) atoms. The lowest BCUT2D eigenvalue weighted by Gasteiger charge is -2.48. The van der Waals surface area contributed by atoms with Crippen LogP contribution in [0.4, 0.5) is 0 Å². The molecule has 1 aliphatic heterocycles. The number of carbonyl (C=O) groups excluding carboxylic acids is 2. The molecule has 3 rings (SSSR count). The maximum Gasteiger partial charge on any atom is 0.311 e. The Morgan fingerprint density at radius 3 is 2.48 bits per heavy atom. The first-order valence-electron chi connectivity index (χ1n) is 9.23. The highest BCUT2D eigenvalue weighted by Gasteiger charge is 2.50. The Hall–Kier alpha value is -1.55. The largest absolute Gasteiger partial charge is 0.466 e. The minimum atomic E-state index is -0.449. The van der Waals surface area contributed by atoms with E-state index >= 15 is 0 Å². The fourth-order valence-electron chi connectivity index (χ4n) is 4.19. The summed E-state index contributed by atoms with van der Waals surface area (Å²) >= 11 is 6.01. The Morgan fingerprint density at radius 1 is 1.24 bits per heavy atom. The first kappa shape index (κ1) is 18.2. The Bertz CT molecular complexity index is 639. The zero-order chi connectivity index (χ0) is 18.0. The molecule has 1 aliphatic carbocycles. The van der Waals surface area contributed by atoms with E-state index in [1.807, 2.05) is 43.0 Å². The highest BCUT2D eigenvalue weighted by molar-refractivity contribution is 6.30. The van der Waals surface area contributed by atoms with Crippen molar-refractivity contribution in [1.82, 2.24) is 4.90 Å². The minimum Gasteiger partial charge on any atom is -0.466 e. The molecule has 2 fully saturated rings. The second kappa shape index (κ2) is 7.36. The van der Waals surface area contributed by atoms with Crippen LogP contribution in [0.2, 0.25) is 5.02 Å². The maximum atomic E-state index is 13.5. The van der Waals surface area contributed by atoms with Crippen molar-refractivity contribution >= 4 is 23.5 Å². The minimum absolute atomic E-state index is 0.120. The highest BCUT2D eigenvalue weighted by atomic mass is 35.5. The van der Waals surface area contributed by atoms with Gasteiger partial charge in [0.15, 0.2) is 0 Å². The van der Waals surface area contributed by atoms with Crippen molar-refractivity contribution in [3.63, 3.8) is 0 Å². The van der Waals surface area contributed by atoms with Crippen LogP contribution in [0.3, 0.4) is 0 Å². The summed E-state index contributed by atoms with van der Waals surface area (Å²) in [4.78, 5) is 27.6. The molecule has 2 aliphatic rings. The summed E-state index contributed by atoms with van der Waals surface area (Å²) in [6, 6.07) is 7.52. The predicted octanol–water partition coefficient (Wildman–Crippen LogP) is 3.95. The van der Waals surface area contributed by atoms with E-state index in [0.29, 0.717) is 18.2 Å². The van der Waals surface area contributed by atoms with Gasteiger partial charge in [-0.3, -0.25) is 9.59 Å². The molecular formula is C20H26ClNO3. The average Bonchev–Trinajstić information content (AvgIpc) is 2.56. The zero-order valence-electron chi connectivity index (χ0n) is 15.0. The van der Waals surface area contributed by atoms with Crippen molar-refractivity contribution in [2.45, 2.75) is 57.4 Å². The van der Waals surface area contributed by atoms with Crippen molar-refractivity contribution in [3.8, 4) is 0 Å². The summed E-state index contributed by atoms with van der Waals surface area (Å²) in [5.41, 5.74) is 0.591. The van der Waals surface area contributed by atoms with Crippen LogP contribution < -0.4 is 0 Å². The molecule has 0 radical (unpaired) electrons. The normalized spacial score (nSPS) is 25.2. The summed E-state index contributed by atoms with van der Waals surface area (Å²) < 4.78 is 5.21. The molecule has 0 bridgehead atoms. The van der Waals surface area contributed by atoms with Crippen LogP contribution >= 0.6 is 11.6 Å². The van der Waals surface area contributed by atoms with E-state index < -0.39 is 5.41 Å². The molecule has 1 saturated carbocycles. The number of halogens is 1. The average molecular weight is 364 g/mol. The Morgan fingerprint density at radius 2 is 1.92 bits per heavy atom. The summed E-state index contributed by atoms with van der Waals surface area (Å²) in [6.45, 7) is 4.89. The molecule has 1 aromatic rings. The molecule has 0 N–H and O–H groups in total. The van der Waals surface area contributed by atoms with Gasteiger partial charge in [0.2, 0.25) is 5.91 Å². The highest BCUT2D eigenvalue weighted by Crippen LogP contribution is 2.46. The van der Waals surface area contributed by atoms with Crippen LogP contribution in [-0.2, 0) is 19.7 Å². The number of benzene rings is 1. The van der Waals surface area contributed by atoms with Gasteiger partial charge in [-0.2, -0.15) is 0 Å². The lowest BCUT2D eigenvalue weighted by molar-refractivity contribution is -0.157. The molecule has 0 aromatic heterocycles. The first-order valence-corrected chi connectivity index (χ1v) is 9.61. The third-order valence-electron chi connectivity index (χ3n) is 5.85. The van der Waals surface area contributed by atoms with Crippen LogP contribution in [0, 0.1) is 5.92 Å². The third-order valence-corrected chi connectivity index (χ3v) is 6.10. The second-order valence-electron chi connectivity index (χ2n) is 7.18. The third kappa shape index (κ3) is 3.29. The molecule has 1 aromatic carbocycles. The summed E-state index contributed by atoms with van der Waals surface area (Å²) in [5.74, 6) is -0.246. The Balaban J connectivity index is 1.83. The number of rotatable bonds is 4. The topological polar surface area (TPSA) is 46.6 Å². The molecular weight excluding hydrogens is 338 g/mol. The maximum absolute atomic E-state index is 13.5. The van der Waals surface area contributed by atoms with Crippen LogP contribution in [0.25, 0.3) is 0 Å². The smallest absolute Gasteiger partial charge is 0.311 e. The number of ether oxygens (including phenoxy) is 1. The zero-order valence-corrected chi connectivity index (χ0v) is 15.7. The van der Waals surface area contributed by atoms with Crippen molar-refractivity contribution in [2.75, 3.05) is 13.2 Å².